The Hall–Kier alpha value is -3.68. The van der Waals surface area contributed by atoms with Crippen molar-refractivity contribution in [3.05, 3.63) is 52.8 Å². The van der Waals surface area contributed by atoms with Gasteiger partial charge in [0.1, 0.15) is 0 Å². The van der Waals surface area contributed by atoms with E-state index >= 15 is 0 Å². The maximum absolute atomic E-state index is 12.8. The van der Waals surface area contributed by atoms with Gasteiger partial charge in [-0.3, -0.25) is 19.9 Å². The monoisotopic (exact) mass is 501 g/mol. The van der Waals surface area contributed by atoms with Crippen molar-refractivity contribution in [2.75, 3.05) is 13.1 Å². The zero-order valence-electron chi connectivity index (χ0n) is 22.0. The Morgan fingerprint density at radius 1 is 1.08 bits per heavy atom. The number of rotatable bonds is 5. The Morgan fingerprint density at radius 3 is 2.43 bits per heavy atom. The molecule has 2 fully saturated rings. The van der Waals surface area contributed by atoms with Crippen LogP contribution in [-0.2, 0) is 9.59 Å². The van der Waals surface area contributed by atoms with Crippen molar-refractivity contribution in [3.8, 4) is 11.3 Å². The molecule has 5 rings (SSSR count). The van der Waals surface area contributed by atoms with Crippen molar-refractivity contribution in [3.63, 3.8) is 0 Å². The second-order valence-corrected chi connectivity index (χ2v) is 10.8. The molecule has 8 heteroatoms. The molecule has 2 saturated heterocycles. The molecule has 3 aromatic rings. The third-order valence-electron chi connectivity index (χ3n) is 7.57. The smallest absolute Gasteiger partial charge is 0.321 e. The van der Waals surface area contributed by atoms with Crippen molar-refractivity contribution < 1.29 is 14.4 Å². The zero-order chi connectivity index (χ0) is 26.3. The number of amides is 4. The highest BCUT2D eigenvalue weighted by molar-refractivity contribution is 5.97. The van der Waals surface area contributed by atoms with Gasteiger partial charge in [0.15, 0.2) is 0 Å². The maximum atomic E-state index is 12.8. The quantitative estimate of drug-likeness (QED) is 0.472. The minimum Gasteiger partial charge on any atom is -0.354 e. The number of H-pyrrole nitrogens is 1. The van der Waals surface area contributed by atoms with Crippen LogP contribution in [0.3, 0.4) is 0 Å². The number of urea groups is 1. The number of aromatic nitrogens is 2. The number of fused-ring (bicyclic) bond motifs is 1. The van der Waals surface area contributed by atoms with Crippen LogP contribution in [0.25, 0.3) is 22.2 Å². The van der Waals surface area contributed by atoms with Crippen molar-refractivity contribution in [1.29, 1.82) is 0 Å². The molecule has 8 nitrogen and oxygen atoms in total. The first-order chi connectivity index (χ1) is 17.7. The third kappa shape index (κ3) is 5.24. The van der Waals surface area contributed by atoms with Gasteiger partial charge >= 0.3 is 6.03 Å². The number of nitrogens with one attached hydrogen (secondary N) is 3. The van der Waals surface area contributed by atoms with Crippen molar-refractivity contribution in [1.82, 2.24) is 25.5 Å². The molecule has 1 aromatic carbocycles. The van der Waals surface area contributed by atoms with Gasteiger partial charge in [-0.15, -0.1) is 0 Å². The molecule has 0 bridgehead atoms. The van der Waals surface area contributed by atoms with E-state index in [0.29, 0.717) is 24.9 Å². The van der Waals surface area contributed by atoms with Gasteiger partial charge in [-0.25, -0.2) is 4.79 Å². The number of carbonyl (C=O) groups is 3. The standard InChI is InChI=1S/C29H35N5O3/c1-16(2)27-23-13-20(5-6-24(23)32-28(27)21-11-17(3)30-18(4)12-21)19-7-9-34(10-8-19)26(36)15-22-14-25(35)33-29(37)31-22/h5-6,11-13,16,19,22,32H,7-10,14-15H2,1-4H3,(H2,31,33,35,37). The summed E-state index contributed by atoms with van der Waals surface area (Å²) in [4.78, 5) is 46.1. The van der Waals surface area contributed by atoms with Crippen LogP contribution in [0.15, 0.2) is 30.3 Å². The molecule has 2 aromatic heterocycles. The predicted molar refractivity (Wildman–Crippen MR) is 143 cm³/mol. The summed E-state index contributed by atoms with van der Waals surface area (Å²) >= 11 is 0. The number of imide groups is 1. The van der Waals surface area contributed by atoms with E-state index in [0.717, 1.165) is 29.7 Å². The molecule has 0 radical (unpaired) electrons. The van der Waals surface area contributed by atoms with E-state index in [1.54, 1.807) is 0 Å². The van der Waals surface area contributed by atoms with Gasteiger partial charge in [0, 0.05) is 59.8 Å². The fourth-order valence-corrected chi connectivity index (χ4v) is 5.89. The lowest BCUT2D eigenvalue weighted by atomic mass is 9.87. The van der Waals surface area contributed by atoms with Crippen LogP contribution in [0.1, 0.15) is 73.9 Å². The maximum Gasteiger partial charge on any atom is 0.321 e. The molecule has 0 aliphatic carbocycles. The van der Waals surface area contributed by atoms with Crippen molar-refractivity contribution >= 4 is 28.7 Å². The molecule has 37 heavy (non-hydrogen) atoms. The number of hydrogen-bond donors (Lipinski definition) is 3. The summed E-state index contributed by atoms with van der Waals surface area (Å²) in [6, 6.07) is 10.1. The topological polar surface area (TPSA) is 107 Å². The number of carbonyl (C=O) groups excluding carboxylic acids is 3. The average molecular weight is 502 g/mol. The lowest BCUT2D eigenvalue weighted by molar-refractivity contribution is -0.133. The number of aryl methyl sites for hydroxylation is 2. The average Bonchev–Trinajstić information content (AvgIpc) is 3.22. The van der Waals surface area contributed by atoms with E-state index in [2.05, 4.69) is 64.8 Å². The summed E-state index contributed by atoms with van der Waals surface area (Å²) in [6.07, 6.45) is 2.09. The van der Waals surface area contributed by atoms with Gasteiger partial charge in [-0.1, -0.05) is 19.9 Å². The lowest BCUT2D eigenvalue weighted by Gasteiger charge is -2.33. The first-order valence-electron chi connectivity index (χ1n) is 13.2. The van der Waals surface area contributed by atoms with Gasteiger partial charge in [-0.2, -0.15) is 0 Å². The molecular weight excluding hydrogens is 466 g/mol. The minimum absolute atomic E-state index is 0.00536. The summed E-state index contributed by atoms with van der Waals surface area (Å²) < 4.78 is 0. The molecule has 0 saturated carbocycles. The first-order valence-corrected chi connectivity index (χ1v) is 13.2. The Bertz CT molecular complexity index is 1330. The summed E-state index contributed by atoms with van der Waals surface area (Å²) in [5, 5.41) is 6.15. The van der Waals surface area contributed by atoms with E-state index in [4.69, 9.17) is 0 Å². The van der Waals surface area contributed by atoms with Gasteiger partial charge in [0.2, 0.25) is 11.8 Å². The molecule has 2 aliphatic rings. The van der Waals surface area contributed by atoms with Crippen LogP contribution >= 0.6 is 0 Å². The van der Waals surface area contributed by atoms with Crippen molar-refractivity contribution in [2.24, 2.45) is 0 Å². The van der Waals surface area contributed by atoms with Gasteiger partial charge in [-0.05, 0) is 73.9 Å². The van der Waals surface area contributed by atoms with Gasteiger partial charge in [0.25, 0.3) is 0 Å². The highest BCUT2D eigenvalue weighted by Crippen LogP contribution is 2.38. The predicted octanol–water partition coefficient (Wildman–Crippen LogP) is 4.66. The molecule has 4 amide bonds. The van der Waals surface area contributed by atoms with E-state index in [1.807, 2.05) is 18.7 Å². The zero-order valence-corrected chi connectivity index (χ0v) is 22.0. The van der Waals surface area contributed by atoms with Gasteiger partial charge in [0.05, 0.1) is 5.69 Å². The number of aromatic amines is 1. The Kier molecular flexibility index (Phi) is 6.75. The van der Waals surface area contributed by atoms with E-state index < -0.39 is 12.1 Å². The fourth-order valence-electron chi connectivity index (χ4n) is 5.89. The highest BCUT2D eigenvalue weighted by atomic mass is 16.2. The molecule has 1 unspecified atom stereocenters. The first kappa shape index (κ1) is 25.0. The molecule has 3 N–H and O–H groups in total. The van der Waals surface area contributed by atoms with E-state index in [9.17, 15) is 14.4 Å². The number of likely N-dealkylation sites (tertiary alicyclic amines) is 1. The molecule has 2 aliphatic heterocycles. The molecule has 1 atom stereocenters. The summed E-state index contributed by atoms with van der Waals surface area (Å²) in [6.45, 7) is 9.90. The lowest BCUT2D eigenvalue weighted by Crippen LogP contribution is -2.53. The second-order valence-electron chi connectivity index (χ2n) is 10.8. The second kappa shape index (κ2) is 10.00. The van der Waals surface area contributed by atoms with E-state index in [1.165, 1.54) is 27.8 Å². The van der Waals surface area contributed by atoms with Crippen LogP contribution in [0.4, 0.5) is 4.79 Å². The Balaban J connectivity index is 1.32. The Labute approximate surface area is 217 Å². The third-order valence-corrected chi connectivity index (χ3v) is 7.57. The molecule has 194 valence electrons. The van der Waals surface area contributed by atoms with Crippen LogP contribution in [0.5, 0.6) is 0 Å². The molecular formula is C29H35N5O3. The molecule has 0 spiro atoms. The molecule has 4 heterocycles. The number of piperidine rings is 1. The Morgan fingerprint density at radius 2 is 1.78 bits per heavy atom. The largest absolute Gasteiger partial charge is 0.354 e. The SMILES string of the molecule is Cc1cc(-c2[nH]c3ccc(C4CCN(C(=O)CC5CC(=O)NC(=O)N5)CC4)cc3c2C(C)C)cc(C)n1. The van der Waals surface area contributed by atoms with Crippen LogP contribution in [0.2, 0.25) is 0 Å². The van der Waals surface area contributed by atoms with Crippen LogP contribution in [0, 0.1) is 13.8 Å². The minimum atomic E-state index is -0.522. The summed E-state index contributed by atoms with van der Waals surface area (Å²) in [5.41, 5.74) is 8.14. The van der Waals surface area contributed by atoms with E-state index in [-0.39, 0.29) is 24.7 Å². The number of hydrogen-bond acceptors (Lipinski definition) is 4. The number of benzene rings is 1. The van der Waals surface area contributed by atoms with Gasteiger partial charge < -0.3 is 15.2 Å². The number of pyridine rings is 1. The van der Waals surface area contributed by atoms with Crippen LogP contribution < -0.4 is 10.6 Å². The summed E-state index contributed by atoms with van der Waals surface area (Å²) in [5.74, 6) is 0.403. The summed E-state index contributed by atoms with van der Waals surface area (Å²) in [7, 11) is 0. The van der Waals surface area contributed by atoms with Crippen LogP contribution in [-0.4, -0.2) is 51.8 Å². The van der Waals surface area contributed by atoms with Crippen molar-refractivity contribution in [2.45, 2.75) is 71.3 Å². The normalized spacial score (nSPS) is 18.8. The number of nitrogens with zero attached hydrogens (tertiary/aromatic N) is 2. The fraction of sp³-hybridized carbons (Fsp3) is 0.448. The highest BCUT2D eigenvalue weighted by Gasteiger charge is 2.30.